The molecule has 0 bridgehead atoms. The van der Waals surface area contributed by atoms with Gasteiger partial charge in [-0.1, -0.05) is 81.4 Å². The van der Waals surface area contributed by atoms with Gasteiger partial charge in [0.25, 0.3) is 0 Å². The third-order valence-corrected chi connectivity index (χ3v) is 8.44. The lowest BCUT2D eigenvalue weighted by Gasteiger charge is -2.43. The van der Waals surface area contributed by atoms with Crippen molar-refractivity contribution < 1.29 is 18.7 Å². The molecule has 4 aromatic rings. The fraction of sp³-hybridized carbons (Fsp3) is 0.345. The molecule has 5 rings (SSSR count). The van der Waals surface area contributed by atoms with Crippen molar-refractivity contribution in [2.24, 2.45) is 0 Å². The van der Waals surface area contributed by atoms with Crippen LogP contribution in [0.15, 0.2) is 72.8 Å². The summed E-state index contributed by atoms with van der Waals surface area (Å²) in [4.78, 5) is 17.6. The quantitative estimate of drug-likeness (QED) is 0.247. The molecule has 8 heteroatoms. The molecular weight excluding hydrogens is 482 g/mol. The number of fused-ring (bicyclic) bond motifs is 1. The smallest absolute Gasteiger partial charge is 0.356 e. The molecule has 0 spiro atoms. The predicted molar refractivity (Wildman–Crippen MR) is 145 cm³/mol. The molecule has 7 nitrogen and oxygen atoms in total. The summed E-state index contributed by atoms with van der Waals surface area (Å²) in [5.41, 5.74) is 1.64. The molecule has 0 N–H and O–H groups in total. The van der Waals surface area contributed by atoms with Gasteiger partial charge >= 0.3 is 5.97 Å². The van der Waals surface area contributed by atoms with Crippen LogP contribution < -0.4 is 4.74 Å². The highest BCUT2D eigenvalue weighted by Gasteiger charge is 2.65. The number of benzene rings is 2. The summed E-state index contributed by atoms with van der Waals surface area (Å²) in [6.07, 6.45) is 1.70. The van der Waals surface area contributed by atoms with Crippen LogP contribution in [-0.2, 0) is 20.2 Å². The normalized spacial score (nSPS) is 15.3. The molecule has 0 unspecified atom stereocenters. The minimum Gasteiger partial charge on any atom is -0.493 e. The van der Waals surface area contributed by atoms with Crippen LogP contribution in [0.1, 0.15) is 61.1 Å². The van der Waals surface area contributed by atoms with Crippen LogP contribution in [0.3, 0.4) is 0 Å². The lowest BCUT2D eigenvalue weighted by molar-refractivity contribution is 0.0588. The van der Waals surface area contributed by atoms with Gasteiger partial charge in [0.1, 0.15) is 5.60 Å². The van der Waals surface area contributed by atoms with Crippen LogP contribution in [0, 0.1) is 0 Å². The first-order chi connectivity index (χ1) is 17.8. The number of rotatable bonds is 8. The van der Waals surface area contributed by atoms with Gasteiger partial charge in [-0.05, 0) is 41.1 Å². The third kappa shape index (κ3) is 4.24. The summed E-state index contributed by atoms with van der Waals surface area (Å²) in [6, 6.07) is 24.2. The number of esters is 1. The van der Waals surface area contributed by atoms with Crippen molar-refractivity contribution in [3.63, 3.8) is 0 Å². The first kappa shape index (κ1) is 25.2. The molecule has 0 aliphatic heterocycles. The second-order valence-corrected chi connectivity index (χ2v) is 13.5. The second-order valence-electron chi connectivity index (χ2n) is 10.8. The van der Waals surface area contributed by atoms with E-state index in [1.807, 2.05) is 12.1 Å². The molecule has 2 heterocycles. The van der Waals surface area contributed by atoms with E-state index in [0.717, 1.165) is 24.0 Å². The van der Waals surface area contributed by atoms with E-state index in [-0.39, 0.29) is 5.04 Å². The first-order valence-corrected chi connectivity index (χ1v) is 13.8. The minimum atomic E-state index is -1.01. The van der Waals surface area contributed by atoms with Crippen molar-refractivity contribution in [1.29, 1.82) is 0 Å². The number of pyridine rings is 1. The van der Waals surface area contributed by atoms with Gasteiger partial charge in [-0.25, -0.2) is 14.3 Å². The minimum absolute atomic E-state index is 0.0680. The molecular formula is C29H33N3O4Si. The van der Waals surface area contributed by atoms with E-state index in [0.29, 0.717) is 22.9 Å². The highest BCUT2D eigenvalue weighted by molar-refractivity contribution is 6.32. The van der Waals surface area contributed by atoms with Crippen LogP contribution >= 0.6 is 0 Å². The van der Waals surface area contributed by atoms with Gasteiger partial charge in [0, 0.05) is 0 Å². The Kier molecular flexibility index (Phi) is 6.41. The van der Waals surface area contributed by atoms with Gasteiger partial charge in [0.05, 0.1) is 19.6 Å². The van der Waals surface area contributed by atoms with Gasteiger partial charge in [-0.2, -0.15) is 0 Å². The molecule has 0 radical (unpaired) electrons. The van der Waals surface area contributed by atoms with Crippen LogP contribution in [-0.4, -0.2) is 44.6 Å². The van der Waals surface area contributed by atoms with Gasteiger partial charge in [0.15, 0.2) is 32.7 Å². The number of hydrogen-bond donors (Lipinski definition) is 0. The van der Waals surface area contributed by atoms with E-state index >= 15 is 0 Å². The molecule has 1 aliphatic rings. The highest BCUT2D eigenvalue weighted by Crippen LogP contribution is 2.63. The molecule has 0 saturated heterocycles. The van der Waals surface area contributed by atoms with Crippen LogP contribution in [0.25, 0.3) is 5.65 Å². The van der Waals surface area contributed by atoms with Crippen LogP contribution in [0.2, 0.25) is 5.04 Å². The zero-order valence-corrected chi connectivity index (χ0v) is 23.4. The van der Waals surface area contributed by atoms with Crippen molar-refractivity contribution in [2.45, 2.75) is 49.7 Å². The fourth-order valence-electron chi connectivity index (χ4n) is 5.11. The topological polar surface area (TPSA) is 75.0 Å². The number of hydrogen-bond acceptors (Lipinski definition) is 6. The molecule has 2 aromatic carbocycles. The number of ether oxygens (including phenoxy) is 2. The highest BCUT2D eigenvalue weighted by atomic mass is 28.2. The monoisotopic (exact) mass is 515 g/mol. The van der Waals surface area contributed by atoms with Gasteiger partial charge in [-0.15, -0.1) is 5.10 Å². The van der Waals surface area contributed by atoms with Crippen LogP contribution in [0.5, 0.6) is 5.75 Å². The summed E-state index contributed by atoms with van der Waals surface area (Å²) < 4.78 is 19.4. The van der Waals surface area contributed by atoms with Crippen LogP contribution in [0.4, 0.5) is 0 Å². The lowest BCUT2D eigenvalue weighted by Crippen LogP contribution is -2.46. The number of nitrogens with zero attached hydrogens (tertiary/aromatic N) is 3. The molecule has 1 saturated carbocycles. The standard InChI is InChI=1S/C29H33N3O4Si/c1-27(2,3)37-36-29(20-12-8-6-9-13-20,21-14-10-7-11-15-21)28(18-19-28)26-30-24-23(34-4)17-16-22(25(33)35-5)32(24)31-26/h6-17H,18-19,37H2,1-5H3. The Bertz CT molecular complexity index is 1370. The molecule has 0 amide bonds. The number of methoxy groups -OCH3 is 2. The zero-order valence-electron chi connectivity index (χ0n) is 22.0. The average Bonchev–Trinajstić information content (AvgIpc) is 3.59. The molecule has 1 fully saturated rings. The zero-order chi connectivity index (χ0) is 26.3. The molecule has 1 aliphatic carbocycles. The number of aromatic nitrogens is 3. The fourth-order valence-corrected chi connectivity index (χ4v) is 6.37. The average molecular weight is 516 g/mol. The molecule has 37 heavy (non-hydrogen) atoms. The molecule has 2 aromatic heterocycles. The second kappa shape index (κ2) is 9.43. The van der Waals surface area contributed by atoms with Crippen molar-refractivity contribution in [3.8, 4) is 5.75 Å². The van der Waals surface area contributed by atoms with Gasteiger partial charge in [-0.3, -0.25) is 0 Å². The van der Waals surface area contributed by atoms with E-state index < -0.39 is 26.7 Å². The van der Waals surface area contributed by atoms with E-state index in [2.05, 4.69) is 69.3 Å². The maximum atomic E-state index is 12.6. The molecule has 0 atom stereocenters. The molecule has 192 valence electrons. The van der Waals surface area contributed by atoms with E-state index in [4.69, 9.17) is 24.0 Å². The Morgan fingerprint density at radius 3 is 2.00 bits per heavy atom. The Morgan fingerprint density at radius 2 is 1.51 bits per heavy atom. The van der Waals surface area contributed by atoms with Gasteiger partial charge in [0.2, 0.25) is 0 Å². The summed E-state index contributed by atoms with van der Waals surface area (Å²) in [5, 5.41) is 5.01. The lowest BCUT2D eigenvalue weighted by atomic mass is 9.73. The van der Waals surface area contributed by atoms with Crippen molar-refractivity contribution in [3.05, 3.63) is 95.4 Å². The Balaban J connectivity index is 1.79. The summed E-state index contributed by atoms with van der Waals surface area (Å²) in [6.45, 7) is 6.70. The van der Waals surface area contributed by atoms with E-state index in [9.17, 15) is 4.79 Å². The number of carbonyl (C=O) groups is 1. The Hall–Kier alpha value is -3.49. The maximum Gasteiger partial charge on any atom is 0.356 e. The van der Waals surface area contributed by atoms with Crippen molar-refractivity contribution in [1.82, 2.24) is 14.6 Å². The van der Waals surface area contributed by atoms with E-state index in [1.165, 1.54) is 7.11 Å². The van der Waals surface area contributed by atoms with Gasteiger partial charge < -0.3 is 13.9 Å². The van der Waals surface area contributed by atoms with Crippen molar-refractivity contribution in [2.75, 3.05) is 14.2 Å². The number of carbonyl (C=O) groups excluding carboxylic acids is 1. The Labute approximate surface area is 219 Å². The summed E-state index contributed by atoms with van der Waals surface area (Å²) >= 11 is 0. The largest absolute Gasteiger partial charge is 0.493 e. The predicted octanol–water partition coefficient (Wildman–Crippen LogP) is 4.82. The Morgan fingerprint density at radius 1 is 0.919 bits per heavy atom. The summed E-state index contributed by atoms with van der Waals surface area (Å²) in [7, 11) is 1.93. The van der Waals surface area contributed by atoms with E-state index in [1.54, 1.807) is 23.8 Å². The third-order valence-electron chi connectivity index (χ3n) is 7.00. The SMILES string of the molecule is COC(=O)c1ccc(OC)c2nc(C3(C(O[SiH2]C(C)(C)C)(c4ccccc4)c4ccccc4)CC3)nn12. The summed E-state index contributed by atoms with van der Waals surface area (Å²) in [5.74, 6) is 0.692. The van der Waals surface area contributed by atoms with Crippen molar-refractivity contribution >= 4 is 21.4 Å². The maximum absolute atomic E-state index is 12.6. The first-order valence-electron chi connectivity index (χ1n) is 12.5.